The van der Waals surface area contributed by atoms with Crippen molar-refractivity contribution in [1.82, 2.24) is 9.97 Å². The summed E-state index contributed by atoms with van der Waals surface area (Å²) in [6, 6.07) is 10.0. The lowest BCUT2D eigenvalue weighted by atomic mass is 10.2. The lowest BCUT2D eigenvalue weighted by molar-refractivity contribution is 0.563. The van der Waals surface area contributed by atoms with E-state index in [1.54, 1.807) is 12.5 Å². The molecule has 1 N–H and O–H groups in total. The molecule has 1 aromatic carbocycles. The number of rotatable bonds is 5. The van der Waals surface area contributed by atoms with Crippen LogP contribution >= 0.6 is 0 Å². The molecule has 0 saturated carbocycles. The van der Waals surface area contributed by atoms with Gasteiger partial charge in [-0.1, -0.05) is 12.1 Å². The maximum atomic E-state index is 5.13. The quantitative estimate of drug-likeness (QED) is 0.778. The molecule has 0 aliphatic rings. The van der Waals surface area contributed by atoms with Gasteiger partial charge in [-0.25, -0.2) is 4.98 Å². The van der Waals surface area contributed by atoms with E-state index in [4.69, 9.17) is 4.42 Å². The van der Waals surface area contributed by atoms with Gasteiger partial charge in [-0.2, -0.15) is 4.98 Å². The minimum absolute atomic E-state index is 0.658. The van der Waals surface area contributed by atoms with Crippen LogP contribution in [0.2, 0.25) is 0 Å². The van der Waals surface area contributed by atoms with E-state index < -0.39 is 0 Å². The number of furan rings is 1. The van der Waals surface area contributed by atoms with Crippen molar-refractivity contribution in [3.8, 4) is 0 Å². The SMILES string of the molecule is CCNc1nc(N(C)Cc2ccoc2)c2ccccc2n1. The van der Waals surface area contributed by atoms with Gasteiger partial charge in [0.2, 0.25) is 5.95 Å². The van der Waals surface area contributed by atoms with E-state index in [0.29, 0.717) is 5.95 Å². The molecule has 0 unspecified atom stereocenters. The van der Waals surface area contributed by atoms with E-state index in [1.807, 2.05) is 44.3 Å². The first kappa shape index (κ1) is 13.4. The molecule has 0 amide bonds. The molecule has 5 heteroatoms. The summed E-state index contributed by atoms with van der Waals surface area (Å²) in [6.45, 7) is 3.57. The maximum absolute atomic E-state index is 5.13. The van der Waals surface area contributed by atoms with E-state index in [1.165, 1.54) is 0 Å². The van der Waals surface area contributed by atoms with Gasteiger partial charge >= 0.3 is 0 Å². The number of nitrogens with one attached hydrogen (secondary N) is 1. The Hall–Kier alpha value is -2.56. The molecule has 0 spiro atoms. The van der Waals surface area contributed by atoms with Crippen molar-refractivity contribution in [1.29, 1.82) is 0 Å². The Morgan fingerprint density at radius 3 is 2.81 bits per heavy atom. The summed E-state index contributed by atoms with van der Waals surface area (Å²) >= 11 is 0. The summed E-state index contributed by atoms with van der Waals surface area (Å²) in [5, 5.41) is 4.23. The molecule has 2 heterocycles. The Balaban J connectivity index is 2.02. The molecular weight excluding hydrogens is 264 g/mol. The number of aromatic nitrogens is 2. The van der Waals surface area contributed by atoms with Gasteiger partial charge in [0.25, 0.3) is 0 Å². The zero-order valence-corrected chi connectivity index (χ0v) is 12.2. The minimum atomic E-state index is 0.658. The lowest BCUT2D eigenvalue weighted by Crippen LogP contribution is -2.19. The van der Waals surface area contributed by atoms with Crippen LogP contribution in [0.4, 0.5) is 11.8 Å². The van der Waals surface area contributed by atoms with Crippen molar-refractivity contribution in [2.24, 2.45) is 0 Å². The summed E-state index contributed by atoms with van der Waals surface area (Å²) in [5.74, 6) is 1.57. The summed E-state index contributed by atoms with van der Waals surface area (Å²) in [4.78, 5) is 11.3. The second-order valence-corrected chi connectivity index (χ2v) is 4.91. The maximum Gasteiger partial charge on any atom is 0.225 e. The van der Waals surface area contributed by atoms with Gasteiger partial charge in [-0.05, 0) is 25.1 Å². The van der Waals surface area contributed by atoms with Crippen molar-refractivity contribution in [2.75, 3.05) is 23.8 Å². The minimum Gasteiger partial charge on any atom is -0.472 e. The van der Waals surface area contributed by atoms with Crippen LogP contribution in [0.3, 0.4) is 0 Å². The first-order valence-electron chi connectivity index (χ1n) is 7.01. The molecule has 0 aliphatic heterocycles. The van der Waals surface area contributed by atoms with Crippen molar-refractivity contribution in [2.45, 2.75) is 13.5 Å². The summed E-state index contributed by atoms with van der Waals surface area (Å²) in [6.07, 6.45) is 3.44. The molecule has 0 aliphatic carbocycles. The van der Waals surface area contributed by atoms with Crippen LogP contribution in [-0.4, -0.2) is 23.6 Å². The highest BCUT2D eigenvalue weighted by Crippen LogP contribution is 2.25. The molecule has 2 aromatic heterocycles. The molecule has 3 aromatic rings. The molecule has 21 heavy (non-hydrogen) atoms. The van der Waals surface area contributed by atoms with Crippen LogP contribution in [0, 0.1) is 0 Å². The number of para-hydroxylation sites is 1. The predicted molar refractivity (Wildman–Crippen MR) is 84.5 cm³/mol. The topological polar surface area (TPSA) is 54.2 Å². The Bertz CT molecular complexity index is 724. The van der Waals surface area contributed by atoms with E-state index in [2.05, 4.69) is 20.2 Å². The smallest absolute Gasteiger partial charge is 0.225 e. The van der Waals surface area contributed by atoms with E-state index in [-0.39, 0.29) is 0 Å². The molecule has 108 valence electrons. The Morgan fingerprint density at radius 2 is 2.05 bits per heavy atom. The van der Waals surface area contributed by atoms with Gasteiger partial charge < -0.3 is 14.6 Å². The fourth-order valence-electron chi connectivity index (χ4n) is 2.32. The zero-order chi connectivity index (χ0) is 14.7. The Labute approximate surface area is 123 Å². The second kappa shape index (κ2) is 5.83. The number of anilines is 2. The monoisotopic (exact) mass is 282 g/mol. The molecule has 0 atom stereocenters. The fraction of sp³-hybridized carbons (Fsp3) is 0.250. The van der Waals surface area contributed by atoms with Gasteiger partial charge in [-0.15, -0.1) is 0 Å². The highest BCUT2D eigenvalue weighted by atomic mass is 16.3. The van der Waals surface area contributed by atoms with E-state index in [9.17, 15) is 0 Å². The third-order valence-electron chi connectivity index (χ3n) is 3.28. The van der Waals surface area contributed by atoms with Gasteiger partial charge in [0, 0.05) is 31.1 Å². The van der Waals surface area contributed by atoms with Gasteiger partial charge in [-0.3, -0.25) is 0 Å². The fourth-order valence-corrected chi connectivity index (χ4v) is 2.32. The summed E-state index contributed by atoms with van der Waals surface area (Å²) in [7, 11) is 2.03. The molecule has 3 rings (SSSR count). The second-order valence-electron chi connectivity index (χ2n) is 4.91. The average Bonchev–Trinajstić information content (AvgIpc) is 2.99. The zero-order valence-electron chi connectivity index (χ0n) is 12.2. The van der Waals surface area contributed by atoms with Crippen LogP contribution in [-0.2, 0) is 6.54 Å². The van der Waals surface area contributed by atoms with Crippen LogP contribution < -0.4 is 10.2 Å². The van der Waals surface area contributed by atoms with Crippen LogP contribution in [0.1, 0.15) is 12.5 Å². The van der Waals surface area contributed by atoms with Crippen LogP contribution in [0.5, 0.6) is 0 Å². The predicted octanol–water partition coefficient (Wildman–Crippen LogP) is 3.29. The largest absolute Gasteiger partial charge is 0.472 e. The molecule has 5 nitrogen and oxygen atoms in total. The average molecular weight is 282 g/mol. The lowest BCUT2D eigenvalue weighted by Gasteiger charge is -2.20. The molecule has 0 saturated heterocycles. The van der Waals surface area contributed by atoms with Gasteiger partial charge in [0.1, 0.15) is 5.82 Å². The number of hydrogen-bond donors (Lipinski definition) is 1. The molecule has 0 fully saturated rings. The van der Waals surface area contributed by atoms with Crippen LogP contribution in [0.25, 0.3) is 10.9 Å². The Kier molecular flexibility index (Phi) is 3.73. The standard InChI is InChI=1S/C16H18N4O/c1-3-17-16-18-14-7-5-4-6-13(14)15(19-16)20(2)10-12-8-9-21-11-12/h4-9,11H,3,10H2,1-2H3,(H,17,18,19). The van der Waals surface area contributed by atoms with Gasteiger partial charge in [0.05, 0.1) is 18.0 Å². The van der Waals surface area contributed by atoms with E-state index in [0.717, 1.165) is 35.4 Å². The normalized spacial score (nSPS) is 10.8. The first-order valence-corrected chi connectivity index (χ1v) is 7.01. The highest BCUT2D eigenvalue weighted by Gasteiger charge is 2.12. The van der Waals surface area contributed by atoms with Crippen LogP contribution in [0.15, 0.2) is 47.3 Å². The Morgan fingerprint density at radius 1 is 1.19 bits per heavy atom. The van der Waals surface area contributed by atoms with Crippen molar-refractivity contribution >= 4 is 22.7 Å². The highest BCUT2D eigenvalue weighted by molar-refractivity contribution is 5.90. The van der Waals surface area contributed by atoms with Crippen molar-refractivity contribution in [3.63, 3.8) is 0 Å². The van der Waals surface area contributed by atoms with Crippen molar-refractivity contribution in [3.05, 3.63) is 48.4 Å². The third-order valence-corrected chi connectivity index (χ3v) is 3.28. The molecule has 0 bridgehead atoms. The molecule has 0 radical (unpaired) electrons. The first-order chi connectivity index (χ1) is 10.3. The number of benzene rings is 1. The molecular formula is C16H18N4O. The number of nitrogens with zero attached hydrogens (tertiary/aromatic N) is 3. The third kappa shape index (κ3) is 2.81. The summed E-state index contributed by atoms with van der Waals surface area (Å²) in [5.41, 5.74) is 2.06. The van der Waals surface area contributed by atoms with Crippen molar-refractivity contribution < 1.29 is 4.42 Å². The van der Waals surface area contributed by atoms with Gasteiger partial charge in [0.15, 0.2) is 0 Å². The summed E-state index contributed by atoms with van der Waals surface area (Å²) < 4.78 is 5.13. The number of fused-ring (bicyclic) bond motifs is 1. The van der Waals surface area contributed by atoms with E-state index >= 15 is 0 Å². The number of hydrogen-bond acceptors (Lipinski definition) is 5.